The highest BCUT2D eigenvalue weighted by atomic mass is 16.6. The maximum atomic E-state index is 13.1. The second kappa shape index (κ2) is 12.3. The van der Waals surface area contributed by atoms with Crippen LogP contribution in [0.5, 0.6) is 0 Å². The van der Waals surface area contributed by atoms with Crippen molar-refractivity contribution in [1.82, 2.24) is 15.5 Å². The number of unbranched alkanes of at least 4 members (excludes halogenated alkanes) is 2. The molecule has 0 aliphatic carbocycles. The molecule has 7 heteroatoms. The summed E-state index contributed by atoms with van der Waals surface area (Å²) in [7, 11) is 0. The van der Waals surface area contributed by atoms with Crippen LogP contribution in [-0.2, 0) is 14.3 Å². The quantitative estimate of drug-likeness (QED) is 0.546. The van der Waals surface area contributed by atoms with Crippen LogP contribution >= 0.6 is 0 Å². The SMILES string of the molecule is CCCCCNC(=O)C(c1cc(C)cc(C)c1)N(CC)C(=O)CNC(=O)OC(C)(C)C. The Hall–Kier alpha value is -2.57. The fourth-order valence-electron chi connectivity index (χ4n) is 3.39. The first-order chi connectivity index (χ1) is 14.5. The van der Waals surface area contributed by atoms with Crippen LogP contribution in [0.4, 0.5) is 4.79 Å². The van der Waals surface area contributed by atoms with Crippen molar-refractivity contribution in [3.63, 3.8) is 0 Å². The molecule has 0 aromatic heterocycles. The van der Waals surface area contributed by atoms with E-state index in [1.165, 1.54) is 4.90 Å². The average Bonchev–Trinajstić information content (AvgIpc) is 2.65. The summed E-state index contributed by atoms with van der Waals surface area (Å²) in [5.74, 6) is -0.560. The minimum atomic E-state index is -0.766. The Labute approximate surface area is 186 Å². The molecular weight excluding hydrogens is 394 g/mol. The summed E-state index contributed by atoms with van der Waals surface area (Å²) in [5.41, 5.74) is 2.15. The van der Waals surface area contributed by atoms with Crippen LogP contribution in [0.3, 0.4) is 0 Å². The van der Waals surface area contributed by atoms with Gasteiger partial charge in [-0.15, -0.1) is 0 Å². The molecule has 0 heterocycles. The van der Waals surface area contributed by atoms with E-state index in [-0.39, 0.29) is 18.4 Å². The van der Waals surface area contributed by atoms with E-state index < -0.39 is 17.7 Å². The van der Waals surface area contributed by atoms with Crippen molar-refractivity contribution in [3.8, 4) is 0 Å². The number of hydrogen-bond acceptors (Lipinski definition) is 4. The molecule has 0 saturated heterocycles. The third-order valence-corrected chi connectivity index (χ3v) is 4.64. The molecule has 0 aliphatic heterocycles. The highest BCUT2D eigenvalue weighted by molar-refractivity contribution is 5.90. The predicted octanol–water partition coefficient (Wildman–Crippen LogP) is 4.02. The van der Waals surface area contributed by atoms with Gasteiger partial charge in [-0.25, -0.2) is 4.79 Å². The summed E-state index contributed by atoms with van der Waals surface area (Å²) < 4.78 is 5.20. The van der Waals surface area contributed by atoms with E-state index in [0.29, 0.717) is 13.1 Å². The molecule has 0 bridgehead atoms. The van der Waals surface area contributed by atoms with E-state index >= 15 is 0 Å². The van der Waals surface area contributed by atoms with E-state index in [4.69, 9.17) is 4.74 Å². The zero-order chi connectivity index (χ0) is 23.6. The number of nitrogens with zero attached hydrogens (tertiary/aromatic N) is 1. The van der Waals surface area contributed by atoms with Crippen molar-refractivity contribution >= 4 is 17.9 Å². The third-order valence-electron chi connectivity index (χ3n) is 4.64. The maximum absolute atomic E-state index is 13.1. The highest BCUT2D eigenvalue weighted by Crippen LogP contribution is 2.24. The zero-order valence-electron chi connectivity index (χ0n) is 20.1. The summed E-state index contributed by atoms with van der Waals surface area (Å²) in [6.45, 7) is 13.8. The van der Waals surface area contributed by atoms with Crippen LogP contribution in [0.25, 0.3) is 0 Å². The first-order valence-corrected chi connectivity index (χ1v) is 11.1. The van der Waals surface area contributed by atoms with E-state index in [1.54, 1.807) is 20.8 Å². The number of ether oxygens (including phenoxy) is 1. The van der Waals surface area contributed by atoms with Gasteiger partial charge in [-0.2, -0.15) is 0 Å². The van der Waals surface area contributed by atoms with Crippen molar-refractivity contribution in [2.75, 3.05) is 19.6 Å². The summed E-state index contributed by atoms with van der Waals surface area (Å²) in [5, 5.41) is 5.47. The lowest BCUT2D eigenvalue weighted by Crippen LogP contribution is -2.47. The number of aryl methyl sites for hydroxylation is 2. The zero-order valence-corrected chi connectivity index (χ0v) is 20.1. The lowest BCUT2D eigenvalue weighted by molar-refractivity contribution is -0.140. The Morgan fingerprint density at radius 2 is 1.61 bits per heavy atom. The smallest absolute Gasteiger partial charge is 0.408 e. The molecular formula is C24H39N3O4. The number of alkyl carbamates (subject to hydrolysis) is 1. The number of rotatable bonds is 10. The van der Waals surface area contributed by atoms with Gasteiger partial charge in [0.2, 0.25) is 11.8 Å². The van der Waals surface area contributed by atoms with Crippen molar-refractivity contribution in [3.05, 3.63) is 34.9 Å². The number of hydrogen-bond donors (Lipinski definition) is 2. The molecule has 174 valence electrons. The van der Waals surface area contributed by atoms with Crippen LogP contribution in [0, 0.1) is 13.8 Å². The molecule has 1 atom stereocenters. The summed E-state index contributed by atoms with van der Waals surface area (Å²) >= 11 is 0. The molecule has 2 N–H and O–H groups in total. The first-order valence-electron chi connectivity index (χ1n) is 11.1. The normalized spacial score (nSPS) is 12.1. The topological polar surface area (TPSA) is 87.7 Å². The van der Waals surface area contributed by atoms with Crippen LogP contribution in [0.1, 0.15) is 76.6 Å². The van der Waals surface area contributed by atoms with Gasteiger partial charge in [0, 0.05) is 13.1 Å². The minimum Gasteiger partial charge on any atom is -0.444 e. The Bertz CT molecular complexity index is 735. The largest absolute Gasteiger partial charge is 0.444 e. The summed E-state index contributed by atoms with van der Waals surface area (Å²) in [6, 6.07) is 5.13. The molecule has 0 fully saturated rings. The molecule has 0 aliphatic rings. The number of likely N-dealkylation sites (N-methyl/N-ethyl adjacent to an activating group) is 1. The van der Waals surface area contributed by atoms with E-state index in [1.807, 2.05) is 39.0 Å². The fourth-order valence-corrected chi connectivity index (χ4v) is 3.39. The van der Waals surface area contributed by atoms with Gasteiger partial charge >= 0.3 is 6.09 Å². The van der Waals surface area contributed by atoms with Gasteiger partial charge < -0.3 is 20.3 Å². The van der Waals surface area contributed by atoms with E-state index in [2.05, 4.69) is 17.6 Å². The molecule has 1 rings (SSSR count). The molecule has 31 heavy (non-hydrogen) atoms. The van der Waals surface area contributed by atoms with Crippen molar-refractivity contribution in [2.45, 2.75) is 79.4 Å². The minimum absolute atomic E-state index is 0.214. The number of amides is 3. The lowest BCUT2D eigenvalue weighted by atomic mass is 9.99. The summed E-state index contributed by atoms with van der Waals surface area (Å²) in [4.78, 5) is 39.6. The fraction of sp³-hybridized carbons (Fsp3) is 0.625. The molecule has 3 amide bonds. The van der Waals surface area contributed by atoms with Gasteiger partial charge in [0.25, 0.3) is 0 Å². The third kappa shape index (κ3) is 9.40. The highest BCUT2D eigenvalue weighted by Gasteiger charge is 2.31. The monoisotopic (exact) mass is 433 g/mol. The molecule has 1 aromatic carbocycles. The Morgan fingerprint density at radius 3 is 2.13 bits per heavy atom. The molecule has 0 radical (unpaired) electrons. The predicted molar refractivity (Wildman–Crippen MR) is 123 cm³/mol. The molecule has 1 unspecified atom stereocenters. The van der Waals surface area contributed by atoms with Gasteiger partial charge in [0.05, 0.1) is 0 Å². The van der Waals surface area contributed by atoms with E-state index in [9.17, 15) is 14.4 Å². The van der Waals surface area contributed by atoms with Crippen molar-refractivity contribution < 1.29 is 19.1 Å². The number of benzene rings is 1. The maximum Gasteiger partial charge on any atom is 0.408 e. The molecule has 0 saturated carbocycles. The first kappa shape index (κ1) is 26.5. The molecule has 7 nitrogen and oxygen atoms in total. The van der Waals surface area contributed by atoms with Gasteiger partial charge in [0.15, 0.2) is 0 Å². The van der Waals surface area contributed by atoms with Gasteiger partial charge in [-0.05, 0) is 53.5 Å². The van der Waals surface area contributed by atoms with Gasteiger partial charge in [-0.1, -0.05) is 49.1 Å². The molecule has 1 aromatic rings. The van der Waals surface area contributed by atoms with Crippen LogP contribution in [0.15, 0.2) is 18.2 Å². The molecule has 0 spiro atoms. The van der Waals surface area contributed by atoms with E-state index in [0.717, 1.165) is 36.0 Å². The van der Waals surface area contributed by atoms with Crippen molar-refractivity contribution in [2.24, 2.45) is 0 Å². The van der Waals surface area contributed by atoms with Crippen LogP contribution in [0.2, 0.25) is 0 Å². The lowest BCUT2D eigenvalue weighted by Gasteiger charge is -2.31. The van der Waals surface area contributed by atoms with Crippen LogP contribution in [-0.4, -0.2) is 48.0 Å². The Kier molecular flexibility index (Phi) is 10.5. The Balaban J connectivity index is 3.05. The standard InChI is InChI=1S/C24H39N3O4/c1-8-10-11-12-25-22(29)21(19-14-17(3)13-18(4)15-19)27(9-2)20(28)16-26-23(30)31-24(5,6)7/h13-15,21H,8-12,16H2,1-7H3,(H,25,29)(H,26,30). The average molecular weight is 434 g/mol. The van der Waals surface area contributed by atoms with Crippen LogP contribution < -0.4 is 10.6 Å². The number of nitrogens with one attached hydrogen (secondary N) is 2. The number of carbonyl (C=O) groups is 3. The van der Waals surface area contributed by atoms with Crippen molar-refractivity contribution in [1.29, 1.82) is 0 Å². The second-order valence-electron chi connectivity index (χ2n) is 8.86. The van der Waals surface area contributed by atoms with Gasteiger partial charge in [-0.3, -0.25) is 9.59 Å². The second-order valence-corrected chi connectivity index (χ2v) is 8.86. The Morgan fingerprint density at radius 1 is 1.00 bits per heavy atom. The summed E-state index contributed by atoms with van der Waals surface area (Å²) in [6.07, 6.45) is 2.32. The van der Waals surface area contributed by atoms with Gasteiger partial charge in [0.1, 0.15) is 18.2 Å². The number of carbonyl (C=O) groups excluding carboxylic acids is 3.